The molecule has 0 atom stereocenters. The zero-order chi connectivity index (χ0) is 11.7. The summed E-state index contributed by atoms with van der Waals surface area (Å²) in [6, 6.07) is 9.77. The summed E-state index contributed by atoms with van der Waals surface area (Å²) in [7, 11) is 0. The number of fused-ring (bicyclic) bond motifs is 1. The number of nitrogen functional groups attached to an aromatic ring is 1. The van der Waals surface area contributed by atoms with Gasteiger partial charge in [-0.05, 0) is 29.8 Å². The van der Waals surface area contributed by atoms with Crippen LogP contribution >= 0.6 is 0 Å². The number of aromatic nitrogens is 3. The smallest absolute Gasteiger partial charge is 0.0706 e. The lowest BCUT2D eigenvalue weighted by atomic mass is 10.2. The molecule has 0 bridgehead atoms. The average Bonchev–Trinajstić information content (AvgIpc) is 2.73. The largest absolute Gasteiger partial charge is 0.399 e. The molecule has 17 heavy (non-hydrogen) atoms. The fourth-order valence-electron chi connectivity index (χ4n) is 1.88. The molecule has 84 valence electrons. The molecule has 4 nitrogen and oxygen atoms in total. The maximum absolute atomic E-state index is 5.79. The molecule has 0 spiro atoms. The Balaban J connectivity index is 2.03. The third-order valence-corrected chi connectivity index (χ3v) is 2.72. The van der Waals surface area contributed by atoms with Gasteiger partial charge in [-0.1, -0.05) is 6.07 Å². The van der Waals surface area contributed by atoms with Gasteiger partial charge in [-0.2, -0.15) is 5.10 Å². The number of hydrogen-bond donors (Lipinski definition) is 1. The molecule has 0 aliphatic carbocycles. The molecule has 0 radical (unpaired) electrons. The van der Waals surface area contributed by atoms with E-state index in [2.05, 4.69) is 10.1 Å². The molecule has 0 saturated carbocycles. The molecular weight excluding hydrogens is 212 g/mol. The molecule has 2 N–H and O–H groups in total. The Kier molecular flexibility index (Phi) is 2.26. The second-order valence-corrected chi connectivity index (χ2v) is 3.98. The minimum Gasteiger partial charge on any atom is -0.399 e. The van der Waals surface area contributed by atoms with Gasteiger partial charge in [-0.15, -0.1) is 0 Å². The van der Waals surface area contributed by atoms with Crippen LogP contribution in [0.1, 0.15) is 5.56 Å². The molecule has 0 aliphatic rings. The molecule has 0 fully saturated rings. The molecule has 0 amide bonds. The number of hydrogen-bond acceptors (Lipinski definition) is 3. The Bertz CT molecular complexity index is 643. The van der Waals surface area contributed by atoms with Gasteiger partial charge >= 0.3 is 0 Å². The number of benzene rings is 1. The van der Waals surface area contributed by atoms with Gasteiger partial charge in [0.05, 0.1) is 18.3 Å². The fourth-order valence-corrected chi connectivity index (χ4v) is 1.88. The highest BCUT2D eigenvalue weighted by Gasteiger charge is 2.03. The van der Waals surface area contributed by atoms with Crippen molar-refractivity contribution < 1.29 is 0 Å². The summed E-state index contributed by atoms with van der Waals surface area (Å²) < 4.78 is 1.93. The molecule has 1 aromatic carbocycles. The van der Waals surface area contributed by atoms with Crippen molar-refractivity contribution in [1.82, 2.24) is 14.8 Å². The van der Waals surface area contributed by atoms with Crippen LogP contribution in [0.4, 0.5) is 5.69 Å². The first kappa shape index (κ1) is 9.84. The van der Waals surface area contributed by atoms with Crippen molar-refractivity contribution in [3.05, 3.63) is 54.5 Å². The second-order valence-electron chi connectivity index (χ2n) is 3.98. The number of nitrogens with zero attached hydrogens (tertiary/aromatic N) is 3. The molecule has 2 heterocycles. The highest BCUT2D eigenvalue weighted by molar-refractivity contribution is 5.81. The van der Waals surface area contributed by atoms with E-state index in [1.165, 1.54) is 0 Å². The van der Waals surface area contributed by atoms with Crippen LogP contribution in [0, 0.1) is 0 Å². The van der Waals surface area contributed by atoms with E-state index in [0.29, 0.717) is 6.54 Å². The standard InChI is InChI=1S/C13H12N4/c14-12-4-3-11-8-16-17(13(11)6-12)9-10-2-1-5-15-7-10/h1-8H,9,14H2. The van der Waals surface area contributed by atoms with E-state index in [1.807, 2.05) is 47.4 Å². The highest BCUT2D eigenvalue weighted by atomic mass is 15.3. The summed E-state index contributed by atoms with van der Waals surface area (Å²) in [6.45, 7) is 0.709. The lowest BCUT2D eigenvalue weighted by Crippen LogP contribution is -2.01. The van der Waals surface area contributed by atoms with Crippen molar-refractivity contribution in [3.63, 3.8) is 0 Å². The number of pyridine rings is 1. The third kappa shape index (κ3) is 1.85. The van der Waals surface area contributed by atoms with Gasteiger partial charge in [-0.25, -0.2) is 0 Å². The first-order chi connectivity index (χ1) is 8.33. The fraction of sp³-hybridized carbons (Fsp3) is 0.0769. The van der Waals surface area contributed by atoms with Crippen LogP contribution in [0.2, 0.25) is 0 Å². The van der Waals surface area contributed by atoms with E-state index < -0.39 is 0 Å². The van der Waals surface area contributed by atoms with Gasteiger partial charge in [0.2, 0.25) is 0 Å². The molecular formula is C13H12N4. The zero-order valence-electron chi connectivity index (χ0n) is 9.24. The van der Waals surface area contributed by atoms with E-state index in [1.54, 1.807) is 6.20 Å². The Morgan fingerprint density at radius 3 is 2.94 bits per heavy atom. The minimum absolute atomic E-state index is 0.709. The van der Waals surface area contributed by atoms with Crippen molar-refractivity contribution in [1.29, 1.82) is 0 Å². The van der Waals surface area contributed by atoms with Gasteiger partial charge in [0.25, 0.3) is 0 Å². The first-order valence-corrected chi connectivity index (χ1v) is 5.43. The van der Waals surface area contributed by atoms with E-state index in [9.17, 15) is 0 Å². The predicted molar refractivity (Wildman–Crippen MR) is 67.5 cm³/mol. The number of nitrogens with two attached hydrogens (primary N) is 1. The zero-order valence-corrected chi connectivity index (χ0v) is 9.24. The lowest BCUT2D eigenvalue weighted by molar-refractivity contribution is 0.710. The Morgan fingerprint density at radius 2 is 2.12 bits per heavy atom. The Morgan fingerprint density at radius 1 is 1.18 bits per heavy atom. The van der Waals surface area contributed by atoms with Crippen molar-refractivity contribution in [3.8, 4) is 0 Å². The Hall–Kier alpha value is -2.36. The second kappa shape index (κ2) is 3.90. The molecule has 2 aromatic heterocycles. The van der Waals surface area contributed by atoms with Crippen LogP contribution in [0.5, 0.6) is 0 Å². The van der Waals surface area contributed by atoms with Crippen molar-refractivity contribution in [2.75, 3.05) is 5.73 Å². The monoisotopic (exact) mass is 224 g/mol. The third-order valence-electron chi connectivity index (χ3n) is 2.72. The van der Waals surface area contributed by atoms with Gasteiger partial charge in [-0.3, -0.25) is 9.67 Å². The highest BCUT2D eigenvalue weighted by Crippen LogP contribution is 2.17. The van der Waals surface area contributed by atoms with Gasteiger partial charge in [0.15, 0.2) is 0 Å². The summed E-state index contributed by atoms with van der Waals surface area (Å²) in [5.74, 6) is 0. The molecule has 0 aliphatic heterocycles. The predicted octanol–water partition coefficient (Wildman–Crippen LogP) is 2.06. The number of rotatable bonds is 2. The number of anilines is 1. The first-order valence-electron chi connectivity index (χ1n) is 5.43. The van der Waals surface area contributed by atoms with Crippen LogP contribution in [-0.2, 0) is 6.54 Å². The van der Waals surface area contributed by atoms with Crippen molar-refractivity contribution in [2.45, 2.75) is 6.54 Å². The summed E-state index contributed by atoms with van der Waals surface area (Å²) >= 11 is 0. The normalized spacial score (nSPS) is 10.8. The summed E-state index contributed by atoms with van der Waals surface area (Å²) in [5.41, 5.74) is 8.72. The molecule has 3 rings (SSSR count). The van der Waals surface area contributed by atoms with E-state index >= 15 is 0 Å². The summed E-state index contributed by atoms with van der Waals surface area (Å²) in [6.07, 6.45) is 5.47. The van der Waals surface area contributed by atoms with Crippen LogP contribution < -0.4 is 5.73 Å². The Labute approximate surface area is 98.7 Å². The van der Waals surface area contributed by atoms with E-state index in [4.69, 9.17) is 5.73 Å². The molecule has 3 aromatic rings. The van der Waals surface area contributed by atoms with Crippen LogP contribution in [0.25, 0.3) is 10.9 Å². The topological polar surface area (TPSA) is 56.7 Å². The lowest BCUT2D eigenvalue weighted by Gasteiger charge is -2.03. The van der Waals surface area contributed by atoms with Crippen molar-refractivity contribution in [2.24, 2.45) is 0 Å². The van der Waals surface area contributed by atoms with Gasteiger partial charge in [0, 0.05) is 23.5 Å². The van der Waals surface area contributed by atoms with Crippen molar-refractivity contribution >= 4 is 16.6 Å². The molecule has 4 heteroatoms. The van der Waals surface area contributed by atoms with Crippen LogP contribution in [-0.4, -0.2) is 14.8 Å². The SMILES string of the molecule is Nc1ccc2cnn(Cc3cccnc3)c2c1. The van der Waals surface area contributed by atoms with Crippen LogP contribution in [0.15, 0.2) is 48.9 Å². The average molecular weight is 224 g/mol. The quantitative estimate of drug-likeness (QED) is 0.678. The van der Waals surface area contributed by atoms with Gasteiger partial charge in [0.1, 0.15) is 0 Å². The molecule has 0 saturated heterocycles. The van der Waals surface area contributed by atoms with Crippen LogP contribution in [0.3, 0.4) is 0 Å². The maximum atomic E-state index is 5.79. The summed E-state index contributed by atoms with van der Waals surface area (Å²) in [5, 5.41) is 5.47. The van der Waals surface area contributed by atoms with E-state index in [0.717, 1.165) is 22.2 Å². The minimum atomic E-state index is 0.709. The summed E-state index contributed by atoms with van der Waals surface area (Å²) in [4.78, 5) is 4.10. The van der Waals surface area contributed by atoms with E-state index in [-0.39, 0.29) is 0 Å². The maximum Gasteiger partial charge on any atom is 0.0706 e. The van der Waals surface area contributed by atoms with Gasteiger partial charge < -0.3 is 5.73 Å². The molecule has 0 unspecified atom stereocenters.